The zero-order valence-corrected chi connectivity index (χ0v) is 26.7. The van der Waals surface area contributed by atoms with Crippen LogP contribution in [0.15, 0.2) is 12.2 Å². The Hall–Kier alpha value is -0.760. The molecule has 0 spiro atoms. The maximum absolute atomic E-state index is 12.0. The molecular formula is C30H60NO7P. The molecule has 0 fully saturated rings. The number of phosphoric ester groups is 1. The molecule has 2 atom stereocenters. The normalized spacial score (nSPS) is 14.5. The van der Waals surface area contributed by atoms with Crippen molar-refractivity contribution in [1.82, 2.24) is 0 Å². The van der Waals surface area contributed by atoms with Crippen molar-refractivity contribution in [2.75, 3.05) is 54.1 Å². The van der Waals surface area contributed by atoms with E-state index < -0.39 is 19.9 Å². The van der Waals surface area contributed by atoms with Crippen molar-refractivity contribution in [3.8, 4) is 0 Å². The Kier molecular flexibility index (Phi) is 24.5. The van der Waals surface area contributed by atoms with Gasteiger partial charge < -0.3 is 27.9 Å². The molecule has 0 bridgehead atoms. The van der Waals surface area contributed by atoms with Crippen LogP contribution in [-0.4, -0.2) is 70.7 Å². The van der Waals surface area contributed by atoms with Crippen molar-refractivity contribution in [3.05, 3.63) is 12.2 Å². The van der Waals surface area contributed by atoms with Gasteiger partial charge in [0.25, 0.3) is 7.82 Å². The summed E-state index contributed by atoms with van der Waals surface area (Å²) >= 11 is 0. The van der Waals surface area contributed by atoms with Gasteiger partial charge in [-0.1, -0.05) is 89.7 Å². The third-order valence-electron chi connectivity index (χ3n) is 6.37. The summed E-state index contributed by atoms with van der Waals surface area (Å²) in [6.07, 6.45) is 24.2. The van der Waals surface area contributed by atoms with E-state index >= 15 is 0 Å². The second kappa shape index (κ2) is 25.0. The number of quaternary nitrogens is 1. The predicted octanol–water partition coefficient (Wildman–Crippen LogP) is 6.96. The molecule has 0 radical (unpaired) electrons. The summed E-state index contributed by atoms with van der Waals surface area (Å²) in [5, 5.41) is 0. The highest BCUT2D eigenvalue weighted by Crippen LogP contribution is 2.38. The minimum atomic E-state index is -4.47. The highest BCUT2D eigenvalue weighted by atomic mass is 31.2. The maximum atomic E-state index is 12.0. The molecule has 0 amide bonds. The number of rotatable bonds is 28. The number of hydrogen-bond donors (Lipinski definition) is 0. The van der Waals surface area contributed by atoms with E-state index in [4.69, 9.17) is 18.5 Å². The van der Waals surface area contributed by atoms with Crippen molar-refractivity contribution >= 4 is 13.8 Å². The van der Waals surface area contributed by atoms with Gasteiger partial charge in [0.05, 0.1) is 34.4 Å². The number of hydrogen-bond acceptors (Lipinski definition) is 7. The molecule has 0 aliphatic carbocycles. The number of allylic oxidation sites excluding steroid dienone is 2. The first kappa shape index (κ1) is 38.2. The van der Waals surface area contributed by atoms with E-state index in [0.717, 1.165) is 12.8 Å². The number of esters is 1. The van der Waals surface area contributed by atoms with Gasteiger partial charge in [0.1, 0.15) is 19.3 Å². The molecule has 9 heteroatoms. The van der Waals surface area contributed by atoms with Gasteiger partial charge in [-0.05, 0) is 32.1 Å². The highest BCUT2D eigenvalue weighted by Gasteiger charge is 2.19. The highest BCUT2D eigenvalue weighted by molar-refractivity contribution is 7.45. The third-order valence-corrected chi connectivity index (χ3v) is 7.33. The molecule has 0 saturated carbocycles. The van der Waals surface area contributed by atoms with Crippen molar-refractivity contribution in [2.45, 2.75) is 123 Å². The van der Waals surface area contributed by atoms with E-state index in [9.17, 15) is 14.3 Å². The molecule has 2 unspecified atom stereocenters. The molecule has 0 rings (SSSR count). The van der Waals surface area contributed by atoms with Crippen LogP contribution in [0.3, 0.4) is 0 Å². The zero-order chi connectivity index (χ0) is 29.2. The summed E-state index contributed by atoms with van der Waals surface area (Å²) in [6.45, 7) is 4.39. The number of unbranched alkanes of at least 4 members (excludes halogenated alkanes) is 14. The smallest absolute Gasteiger partial charge is 0.303 e. The minimum absolute atomic E-state index is 0.0235. The first-order valence-corrected chi connectivity index (χ1v) is 16.8. The van der Waals surface area contributed by atoms with Crippen LogP contribution >= 0.6 is 7.82 Å². The molecule has 232 valence electrons. The van der Waals surface area contributed by atoms with Crippen LogP contribution in [0.5, 0.6) is 0 Å². The number of phosphoric acid groups is 1. The van der Waals surface area contributed by atoms with Crippen LogP contribution < -0.4 is 4.89 Å². The van der Waals surface area contributed by atoms with Gasteiger partial charge in [-0.3, -0.25) is 9.36 Å². The van der Waals surface area contributed by atoms with Crippen molar-refractivity contribution in [1.29, 1.82) is 0 Å². The Morgan fingerprint density at radius 1 is 0.769 bits per heavy atom. The van der Waals surface area contributed by atoms with Gasteiger partial charge in [0, 0.05) is 13.5 Å². The number of nitrogens with zero attached hydrogens (tertiary/aromatic N) is 1. The third kappa shape index (κ3) is 30.0. The molecule has 0 aliphatic rings. The van der Waals surface area contributed by atoms with Crippen molar-refractivity contribution in [2.24, 2.45) is 0 Å². The lowest BCUT2D eigenvalue weighted by atomic mass is 10.1. The molecule has 0 saturated heterocycles. The van der Waals surface area contributed by atoms with Crippen LogP contribution in [-0.2, 0) is 27.9 Å². The van der Waals surface area contributed by atoms with Gasteiger partial charge in [0.15, 0.2) is 0 Å². The van der Waals surface area contributed by atoms with E-state index in [2.05, 4.69) is 19.1 Å². The fraction of sp³-hybridized carbons (Fsp3) is 0.900. The number of likely N-dealkylation sites (N-methyl/N-ethyl adjacent to an activating group) is 1. The van der Waals surface area contributed by atoms with E-state index in [-0.39, 0.29) is 19.8 Å². The number of carbonyl (C=O) groups excluding carboxylic acids is 1. The van der Waals surface area contributed by atoms with Crippen molar-refractivity contribution < 1.29 is 37.3 Å². The Morgan fingerprint density at radius 3 is 1.79 bits per heavy atom. The monoisotopic (exact) mass is 577 g/mol. The van der Waals surface area contributed by atoms with Gasteiger partial charge in [-0.2, -0.15) is 0 Å². The molecular weight excluding hydrogens is 517 g/mol. The van der Waals surface area contributed by atoms with E-state index in [1.807, 2.05) is 21.1 Å². The van der Waals surface area contributed by atoms with Crippen LogP contribution in [0, 0.1) is 0 Å². The largest absolute Gasteiger partial charge is 0.756 e. The molecule has 8 nitrogen and oxygen atoms in total. The maximum Gasteiger partial charge on any atom is 0.303 e. The fourth-order valence-electron chi connectivity index (χ4n) is 4.01. The minimum Gasteiger partial charge on any atom is -0.756 e. The summed E-state index contributed by atoms with van der Waals surface area (Å²) < 4.78 is 33.1. The van der Waals surface area contributed by atoms with Gasteiger partial charge in [0.2, 0.25) is 0 Å². The second-order valence-electron chi connectivity index (χ2n) is 11.5. The average Bonchev–Trinajstić information content (AvgIpc) is 2.84. The SMILES string of the molecule is CCCCCCCC/C=C\CCCCCCCCCCOCC(COP(=O)([O-])OCC[N+](C)(C)C)OC(C)=O. The van der Waals surface area contributed by atoms with Gasteiger partial charge >= 0.3 is 5.97 Å². The fourth-order valence-corrected chi connectivity index (χ4v) is 4.74. The Labute approximate surface area is 240 Å². The molecule has 0 aromatic heterocycles. The topological polar surface area (TPSA) is 94.1 Å². The quantitative estimate of drug-likeness (QED) is 0.0326. The standard InChI is InChI=1S/C30H60NO7P/c1-6-7-8-9-10-11-12-13-14-15-16-17-18-19-20-21-22-23-25-35-27-30(38-29(2)32)28-37-39(33,34)36-26-24-31(3,4)5/h13-14,30H,6-12,15-28H2,1-5H3/b14-13-. The summed E-state index contributed by atoms with van der Waals surface area (Å²) in [7, 11) is 1.34. The van der Waals surface area contributed by atoms with Crippen LogP contribution in [0.4, 0.5) is 0 Å². The average molecular weight is 578 g/mol. The van der Waals surface area contributed by atoms with Gasteiger partial charge in [-0.25, -0.2) is 0 Å². The van der Waals surface area contributed by atoms with Crippen molar-refractivity contribution in [3.63, 3.8) is 0 Å². The van der Waals surface area contributed by atoms with Crippen LogP contribution in [0.25, 0.3) is 0 Å². The summed E-state index contributed by atoms with van der Waals surface area (Å²) in [5.41, 5.74) is 0. The second-order valence-corrected chi connectivity index (χ2v) is 13.0. The first-order valence-electron chi connectivity index (χ1n) is 15.4. The summed E-state index contributed by atoms with van der Waals surface area (Å²) in [4.78, 5) is 23.3. The predicted molar refractivity (Wildman–Crippen MR) is 157 cm³/mol. The van der Waals surface area contributed by atoms with Gasteiger partial charge in [-0.15, -0.1) is 0 Å². The number of carbonyl (C=O) groups is 1. The summed E-state index contributed by atoms with van der Waals surface area (Å²) in [6, 6.07) is 0. The molecule has 0 aliphatic heterocycles. The molecule has 0 N–H and O–H groups in total. The Morgan fingerprint density at radius 2 is 1.28 bits per heavy atom. The first-order chi connectivity index (χ1) is 18.6. The van der Waals surface area contributed by atoms with E-state index in [1.165, 1.54) is 96.8 Å². The van der Waals surface area contributed by atoms with Crippen LogP contribution in [0.2, 0.25) is 0 Å². The molecule has 0 heterocycles. The lowest BCUT2D eigenvalue weighted by molar-refractivity contribution is -0.870. The lowest BCUT2D eigenvalue weighted by Crippen LogP contribution is -2.37. The Balaban J connectivity index is 3.71. The van der Waals surface area contributed by atoms with E-state index in [1.54, 1.807) is 0 Å². The summed E-state index contributed by atoms with van der Waals surface area (Å²) in [5.74, 6) is -0.511. The molecule has 39 heavy (non-hydrogen) atoms. The number of ether oxygens (including phenoxy) is 2. The Bertz CT molecular complexity index is 652. The molecule has 0 aromatic rings. The zero-order valence-electron chi connectivity index (χ0n) is 25.8. The van der Waals surface area contributed by atoms with Crippen LogP contribution in [0.1, 0.15) is 117 Å². The lowest BCUT2D eigenvalue weighted by Gasteiger charge is -2.28. The van der Waals surface area contributed by atoms with E-state index in [0.29, 0.717) is 17.6 Å². The molecule has 0 aromatic carbocycles.